The van der Waals surface area contributed by atoms with Gasteiger partial charge in [0.2, 0.25) is 11.9 Å². The van der Waals surface area contributed by atoms with E-state index in [9.17, 15) is 0 Å². The number of nitrogens with one attached hydrogen (secondary N) is 1. The number of nitrogen functional groups attached to an aromatic ring is 1. The summed E-state index contributed by atoms with van der Waals surface area (Å²) in [5.74, 6) is 2.19. The Labute approximate surface area is 105 Å². The zero-order chi connectivity index (χ0) is 13.0. The van der Waals surface area contributed by atoms with Gasteiger partial charge >= 0.3 is 0 Å². The maximum Gasteiger partial charge on any atom is 0.228 e. The standard InChI is InChI=1S/C10H16N8/c1-3-4-7-14-9(11)16-10(15-7)12-5-8-17-13-6-18(8)2/h6H,3-5H2,1-2H3,(H3,11,12,14,15,16). The van der Waals surface area contributed by atoms with Gasteiger partial charge in [0.15, 0.2) is 5.82 Å². The van der Waals surface area contributed by atoms with Crippen molar-refractivity contribution < 1.29 is 0 Å². The van der Waals surface area contributed by atoms with E-state index in [1.807, 2.05) is 11.6 Å². The summed E-state index contributed by atoms with van der Waals surface area (Å²) in [4.78, 5) is 12.4. The van der Waals surface area contributed by atoms with Crippen molar-refractivity contribution in [1.29, 1.82) is 0 Å². The number of nitrogens with two attached hydrogens (primary N) is 1. The predicted molar refractivity (Wildman–Crippen MR) is 66.6 cm³/mol. The third-order valence-electron chi connectivity index (χ3n) is 2.38. The van der Waals surface area contributed by atoms with Crippen molar-refractivity contribution in [1.82, 2.24) is 29.7 Å². The van der Waals surface area contributed by atoms with Crippen LogP contribution in [0.2, 0.25) is 0 Å². The minimum Gasteiger partial charge on any atom is -0.368 e. The van der Waals surface area contributed by atoms with Crippen LogP contribution in [0, 0.1) is 0 Å². The number of hydrogen-bond donors (Lipinski definition) is 2. The van der Waals surface area contributed by atoms with Crippen LogP contribution in [0.5, 0.6) is 0 Å². The van der Waals surface area contributed by atoms with Crippen molar-refractivity contribution in [3.8, 4) is 0 Å². The minimum atomic E-state index is 0.230. The van der Waals surface area contributed by atoms with Gasteiger partial charge in [0.05, 0.1) is 6.54 Å². The molecule has 8 nitrogen and oxygen atoms in total. The summed E-state index contributed by atoms with van der Waals surface area (Å²) in [6.07, 6.45) is 3.39. The summed E-state index contributed by atoms with van der Waals surface area (Å²) in [5, 5.41) is 10.8. The quantitative estimate of drug-likeness (QED) is 0.775. The van der Waals surface area contributed by atoms with Gasteiger partial charge in [-0.05, 0) is 6.42 Å². The second-order valence-electron chi connectivity index (χ2n) is 3.90. The molecule has 96 valence electrons. The maximum absolute atomic E-state index is 5.63. The Morgan fingerprint density at radius 3 is 2.83 bits per heavy atom. The van der Waals surface area contributed by atoms with Gasteiger partial charge in [0.1, 0.15) is 12.2 Å². The van der Waals surface area contributed by atoms with Gasteiger partial charge in [-0.3, -0.25) is 0 Å². The lowest BCUT2D eigenvalue weighted by Crippen LogP contribution is -2.11. The molecule has 0 unspecified atom stereocenters. The second kappa shape index (κ2) is 5.39. The highest BCUT2D eigenvalue weighted by Gasteiger charge is 2.05. The first-order valence-corrected chi connectivity index (χ1v) is 5.76. The third-order valence-corrected chi connectivity index (χ3v) is 2.38. The van der Waals surface area contributed by atoms with E-state index in [4.69, 9.17) is 5.73 Å². The molecule has 0 saturated heterocycles. The molecule has 2 heterocycles. The van der Waals surface area contributed by atoms with Gasteiger partial charge in [-0.1, -0.05) is 6.92 Å². The van der Waals surface area contributed by atoms with Gasteiger partial charge in [0, 0.05) is 13.5 Å². The topological polar surface area (TPSA) is 107 Å². The second-order valence-corrected chi connectivity index (χ2v) is 3.90. The van der Waals surface area contributed by atoms with E-state index >= 15 is 0 Å². The van der Waals surface area contributed by atoms with Crippen LogP contribution in [0.15, 0.2) is 6.33 Å². The molecule has 8 heteroatoms. The smallest absolute Gasteiger partial charge is 0.228 e. The van der Waals surface area contributed by atoms with Crippen molar-refractivity contribution in [2.45, 2.75) is 26.3 Å². The molecule has 0 atom stereocenters. The Balaban J connectivity index is 2.07. The number of aromatic nitrogens is 6. The summed E-state index contributed by atoms with van der Waals surface area (Å²) in [6.45, 7) is 2.55. The summed E-state index contributed by atoms with van der Waals surface area (Å²) >= 11 is 0. The lowest BCUT2D eigenvalue weighted by Gasteiger charge is -2.06. The maximum atomic E-state index is 5.63. The molecule has 0 amide bonds. The highest BCUT2D eigenvalue weighted by molar-refractivity contribution is 5.31. The first-order chi connectivity index (χ1) is 8.69. The van der Waals surface area contributed by atoms with Crippen LogP contribution < -0.4 is 11.1 Å². The Hall–Kier alpha value is -2.25. The molecule has 18 heavy (non-hydrogen) atoms. The van der Waals surface area contributed by atoms with Gasteiger partial charge < -0.3 is 15.6 Å². The molecule has 2 aromatic rings. The van der Waals surface area contributed by atoms with Crippen LogP contribution in [0.25, 0.3) is 0 Å². The van der Waals surface area contributed by atoms with Crippen LogP contribution in [0.3, 0.4) is 0 Å². The molecule has 0 spiro atoms. The normalized spacial score (nSPS) is 10.6. The zero-order valence-electron chi connectivity index (χ0n) is 10.5. The van der Waals surface area contributed by atoms with Gasteiger partial charge in [-0.15, -0.1) is 10.2 Å². The van der Waals surface area contributed by atoms with Crippen molar-refractivity contribution in [3.05, 3.63) is 18.0 Å². The fraction of sp³-hybridized carbons (Fsp3) is 0.500. The molecule has 2 rings (SSSR count). The average Bonchev–Trinajstić information content (AvgIpc) is 2.72. The SMILES string of the molecule is CCCc1nc(N)nc(NCc2nncn2C)n1. The molecule has 0 aliphatic carbocycles. The lowest BCUT2D eigenvalue weighted by atomic mass is 10.3. The van der Waals surface area contributed by atoms with E-state index in [0.717, 1.165) is 18.7 Å². The Bertz CT molecular complexity index is 520. The summed E-state index contributed by atoms with van der Waals surface area (Å²) in [5.41, 5.74) is 5.63. The number of hydrogen-bond acceptors (Lipinski definition) is 7. The van der Waals surface area contributed by atoms with Crippen molar-refractivity contribution >= 4 is 11.9 Å². The Kier molecular flexibility index (Phi) is 3.66. The number of nitrogens with zero attached hydrogens (tertiary/aromatic N) is 6. The average molecular weight is 248 g/mol. The fourth-order valence-corrected chi connectivity index (χ4v) is 1.48. The third kappa shape index (κ3) is 2.90. The largest absolute Gasteiger partial charge is 0.368 e. The Morgan fingerprint density at radius 2 is 2.17 bits per heavy atom. The number of rotatable bonds is 5. The number of anilines is 2. The lowest BCUT2D eigenvalue weighted by molar-refractivity contribution is 0.793. The molecule has 0 aromatic carbocycles. The van der Waals surface area contributed by atoms with Crippen LogP contribution in [0.4, 0.5) is 11.9 Å². The van der Waals surface area contributed by atoms with Gasteiger partial charge in [-0.25, -0.2) is 0 Å². The molecule has 0 radical (unpaired) electrons. The summed E-state index contributed by atoms with van der Waals surface area (Å²) in [6, 6.07) is 0. The molecule has 0 saturated carbocycles. The molecular formula is C10H16N8. The van der Waals surface area contributed by atoms with Crippen molar-refractivity contribution in [2.24, 2.45) is 7.05 Å². The highest BCUT2D eigenvalue weighted by Crippen LogP contribution is 2.05. The van der Waals surface area contributed by atoms with E-state index in [-0.39, 0.29) is 5.95 Å². The van der Waals surface area contributed by atoms with Crippen LogP contribution in [-0.4, -0.2) is 29.7 Å². The van der Waals surface area contributed by atoms with Crippen LogP contribution in [-0.2, 0) is 20.0 Å². The molecule has 2 aromatic heterocycles. The monoisotopic (exact) mass is 248 g/mol. The highest BCUT2D eigenvalue weighted by atomic mass is 15.3. The van der Waals surface area contributed by atoms with Crippen molar-refractivity contribution in [3.63, 3.8) is 0 Å². The van der Waals surface area contributed by atoms with Gasteiger partial charge in [0.25, 0.3) is 0 Å². The van der Waals surface area contributed by atoms with Crippen molar-refractivity contribution in [2.75, 3.05) is 11.1 Å². The zero-order valence-corrected chi connectivity index (χ0v) is 10.5. The van der Waals surface area contributed by atoms with E-state index in [1.165, 1.54) is 0 Å². The van der Waals surface area contributed by atoms with Crippen LogP contribution >= 0.6 is 0 Å². The van der Waals surface area contributed by atoms with E-state index in [2.05, 4.69) is 37.4 Å². The van der Waals surface area contributed by atoms with Crippen LogP contribution in [0.1, 0.15) is 25.0 Å². The molecule has 3 N–H and O–H groups in total. The summed E-state index contributed by atoms with van der Waals surface area (Å²) < 4.78 is 1.82. The molecule has 0 aliphatic heterocycles. The van der Waals surface area contributed by atoms with E-state index in [0.29, 0.717) is 18.3 Å². The number of aryl methyl sites for hydroxylation is 2. The first-order valence-electron chi connectivity index (χ1n) is 5.76. The first kappa shape index (κ1) is 12.2. The fourth-order valence-electron chi connectivity index (χ4n) is 1.48. The van der Waals surface area contributed by atoms with Gasteiger partial charge in [-0.2, -0.15) is 15.0 Å². The Morgan fingerprint density at radius 1 is 1.33 bits per heavy atom. The van der Waals surface area contributed by atoms with E-state index in [1.54, 1.807) is 6.33 Å². The molecular weight excluding hydrogens is 232 g/mol. The molecule has 0 fully saturated rings. The predicted octanol–water partition coefficient (Wildman–Crippen LogP) is 0.147. The molecule has 0 bridgehead atoms. The summed E-state index contributed by atoms with van der Waals surface area (Å²) in [7, 11) is 1.88. The van der Waals surface area contributed by atoms with E-state index < -0.39 is 0 Å². The minimum absolute atomic E-state index is 0.230. The molecule has 0 aliphatic rings.